The summed E-state index contributed by atoms with van der Waals surface area (Å²) in [6.45, 7) is 0. The van der Waals surface area contributed by atoms with E-state index < -0.39 is 43.8 Å². The van der Waals surface area contributed by atoms with Crippen molar-refractivity contribution in [1.82, 2.24) is 0 Å². The summed E-state index contributed by atoms with van der Waals surface area (Å²) >= 11 is 0. The zero-order chi connectivity index (χ0) is 9.57. The normalized spacial score (nSPS) is 31.2. The molecule has 12 heavy (non-hydrogen) atoms. The van der Waals surface area contributed by atoms with Crippen molar-refractivity contribution in [3.63, 3.8) is 0 Å². The van der Waals surface area contributed by atoms with Crippen molar-refractivity contribution in [3.05, 3.63) is 0 Å². The summed E-state index contributed by atoms with van der Waals surface area (Å²) in [7, 11) is -9.38. The Morgan fingerprint density at radius 2 is 1.08 bits per heavy atom. The second-order valence-electron chi connectivity index (χ2n) is 2.67. The first-order valence-corrected chi connectivity index (χ1v) is 5.97. The molecule has 0 aromatic carbocycles. The monoisotopic (exact) mass is 220 g/mol. The standard InChI is InChI=1S/C4H6F2O4S2/c5-11(7,8)3-1-4(2-3)12(6,9)10/h3-4H,1-2H2. The van der Waals surface area contributed by atoms with Crippen LogP contribution in [0.25, 0.3) is 0 Å². The lowest BCUT2D eigenvalue weighted by atomic mass is 9.99. The summed E-state index contributed by atoms with van der Waals surface area (Å²) in [6, 6.07) is 0. The number of rotatable bonds is 2. The average Bonchev–Trinajstić information content (AvgIpc) is 1.46. The zero-order valence-electron chi connectivity index (χ0n) is 5.77. The quantitative estimate of drug-likeness (QED) is 0.620. The fourth-order valence-electron chi connectivity index (χ4n) is 0.977. The Morgan fingerprint density at radius 3 is 1.25 bits per heavy atom. The molecule has 1 fully saturated rings. The smallest absolute Gasteiger partial charge is 0.195 e. The summed E-state index contributed by atoms with van der Waals surface area (Å²) in [6.07, 6.45) is -0.949. The SMILES string of the molecule is O=S(=O)(F)C1CC(S(=O)(=O)F)C1. The van der Waals surface area contributed by atoms with Gasteiger partial charge in [0, 0.05) is 0 Å². The number of hydrogen-bond donors (Lipinski definition) is 0. The van der Waals surface area contributed by atoms with Gasteiger partial charge in [0.15, 0.2) is 0 Å². The van der Waals surface area contributed by atoms with Crippen molar-refractivity contribution in [1.29, 1.82) is 0 Å². The molecule has 1 rings (SSSR count). The van der Waals surface area contributed by atoms with Gasteiger partial charge in [0.1, 0.15) is 0 Å². The maximum atomic E-state index is 12.1. The van der Waals surface area contributed by atoms with Crippen LogP contribution in [0, 0.1) is 0 Å². The third-order valence-electron chi connectivity index (χ3n) is 1.85. The number of halogens is 2. The van der Waals surface area contributed by atoms with E-state index in [1.165, 1.54) is 0 Å². The average molecular weight is 220 g/mol. The van der Waals surface area contributed by atoms with Crippen LogP contribution in [0.3, 0.4) is 0 Å². The van der Waals surface area contributed by atoms with Crippen LogP contribution in [0.4, 0.5) is 7.77 Å². The minimum absolute atomic E-state index is 0.475. The summed E-state index contributed by atoms with van der Waals surface area (Å²) in [5.74, 6) is 0. The lowest BCUT2D eigenvalue weighted by Gasteiger charge is -2.28. The molecule has 0 atom stereocenters. The third-order valence-corrected chi connectivity index (χ3v) is 4.21. The van der Waals surface area contributed by atoms with Crippen LogP contribution in [0.2, 0.25) is 0 Å². The third kappa shape index (κ3) is 1.92. The highest BCUT2D eigenvalue weighted by atomic mass is 32.3. The maximum absolute atomic E-state index is 12.1. The first-order chi connectivity index (χ1) is 5.21. The van der Waals surface area contributed by atoms with Gasteiger partial charge in [-0.15, -0.1) is 7.77 Å². The van der Waals surface area contributed by atoms with Crippen molar-refractivity contribution in [2.45, 2.75) is 23.3 Å². The molecular weight excluding hydrogens is 214 g/mol. The van der Waals surface area contributed by atoms with Gasteiger partial charge in [0.25, 0.3) is 0 Å². The molecule has 0 aromatic rings. The molecule has 4 nitrogen and oxygen atoms in total. The van der Waals surface area contributed by atoms with E-state index in [2.05, 4.69) is 0 Å². The largest absolute Gasteiger partial charge is 0.305 e. The topological polar surface area (TPSA) is 68.3 Å². The van der Waals surface area contributed by atoms with Gasteiger partial charge in [-0.3, -0.25) is 0 Å². The first kappa shape index (κ1) is 9.85. The molecule has 0 saturated heterocycles. The lowest BCUT2D eigenvalue weighted by molar-refractivity contribution is 0.428. The molecule has 1 saturated carbocycles. The van der Waals surface area contributed by atoms with Crippen molar-refractivity contribution in [2.24, 2.45) is 0 Å². The van der Waals surface area contributed by atoms with E-state index in [0.717, 1.165) is 0 Å². The Kier molecular flexibility index (Phi) is 2.15. The van der Waals surface area contributed by atoms with Gasteiger partial charge >= 0.3 is 20.4 Å². The van der Waals surface area contributed by atoms with Gasteiger partial charge < -0.3 is 0 Å². The molecule has 0 spiro atoms. The van der Waals surface area contributed by atoms with Crippen LogP contribution in [0.5, 0.6) is 0 Å². The molecular formula is C4H6F2O4S2. The second kappa shape index (κ2) is 2.63. The predicted octanol–water partition coefficient (Wildman–Crippen LogP) is 0.116. The molecule has 1 aliphatic carbocycles. The molecule has 0 heterocycles. The van der Waals surface area contributed by atoms with Crippen molar-refractivity contribution in [2.75, 3.05) is 0 Å². The van der Waals surface area contributed by atoms with E-state index in [1.807, 2.05) is 0 Å². The van der Waals surface area contributed by atoms with E-state index in [9.17, 15) is 24.6 Å². The highest BCUT2D eigenvalue weighted by molar-refractivity contribution is 7.88. The summed E-state index contributed by atoms with van der Waals surface area (Å²) in [4.78, 5) is 0. The van der Waals surface area contributed by atoms with E-state index in [-0.39, 0.29) is 0 Å². The Labute approximate surface area is 69.0 Å². The summed E-state index contributed by atoms with van der Waals surface area (Å²) in [5, 5.41) is -2.68. The molecule has 8 heteroatoms. The molecule has 0 aliphatic heterocycles. The molecule has 1 aliphatic rings. The fourth-order valence-corrected chi connectivity index (χ4v) is 3.07. The van der Waals surface area contributed by atoms with Crippen LogP contribution in [-0.2, 0) is 20.4 Å². The molecule has 0 aromatic heterocycles. The van der Waals surface area contributed by atoms with E-state index >= 15 is 0 Å². The second-order valence-corrected chi connectivity index (χ2v) is 5.90. The first-order valence-electron chi connectivity index (χ1n) is 3.08. The van der Waals surface area contributed by atoms with Crippen LogP contribution in [0.1, 0.15) is 12.8 Å². The predicted molar refractivity (Wildman–Crippen MR) is 36.9 cm³/mol. The van der Waals surface area contributed by atoms with Gasteiger partial charge in [-0.2, -0.15) is 16.8 Å². The number of hydrogen-bond acceptors (Lipinski definition) is 4. The van der Waals surface area contributed by atoms with E-state index in [4.69, 9.17) is 0 Å². The highest BCUT2D eigenvalue weighted by Crippen LogP contribution is 2.33. The van der Waals surface area contributed by atoms with Gasteiger partial charge in [-0.1, -0.05) is 0 Å². The van der Waals surface area contributed by atoms with E-state index in [0.29, 0.717) is 0 Å². The van der Waals surface area contributed by atoms with Crippen molar-refractivity contribution < 1.29 is 24.6 Å². The van der Waals surface area contributed by atoms with Gasteiger partial charge in [-0.05, 0) is 12.8 Å². The van der Waals surface area contributed by atoms with Gasteiger partial charge in [-0.25, -0.2) is 0 Å². The minimum atomic E-state index is -4.69. The van der Waals surface area contributed by atoms with Crippen molar-refractivity contribution in [3.8, 4) is 0 Å². The molecule has 0 N–H and O–H groups in total. The fraction of sp³-hybridized carbons (Fsp3) is 1.00. The van der Waals surface area contributed by atoms with Crippen LogP contribution >= 0.6 is 0 Å². The maximum Gasteiger partial charge on any atom is 0.305 e. The Bertz CT molecular complexity index is 328. The minimum Gasteiger partial charge on any atom is -0.195 e. The molecule has 0 unspecified atom stereocenters. The molecule has 0 amide bonds. The van der Waals surface area contributed by atoms with E-state index in [1.54, 1.807) is 0 Å². The van der Waals surface area contributed by atoms with Gasteiger partial charge in [0.2, 0.25) is 0 Å². The summed E-state index contributed by atoms with van der Waals surface area (Å²) < 4.78 is 64.5. The molecule has 72 valence electrons. The van der Waals surface area contributed by atoms with Crippen LogP contribution in [0.15, 0.2) is 0 Å². The molecule has 0 bridgehead atoms. The Hall–Kier alpha value is -0.240. The Morgan fingerprint density at radius 1 is 0.833 bits per heavy atom. The summed E-state index contributed by atoms with van der Waals surface area (Å²) in [5.41, 5.74) is 0. The zero-order valence-corrected chi connectivity index (χ0v) is 7.41. The van der Waals surface area contributed by atoms with Crippen LogP contribution in [-0.4, -0.2) is 27.3 Å². The molecule has 0 radical (unpaired) electrons. The van der Waals surface area contributed by atoms with Crippen LogP contribution < -0.4 is 0 Å². The van der Waals surface area contributed by atoms with Gasteiger partial charge in [0.05, 0.1) is 10.5 Å². The highest BCUT2D eigenvalue weighted by Gasteiger charge is 2.45. The van der Waals surface area contributed by atoms with Crippen molar-refractivity contribution >= 4 is 20.4 Å². The lowest BCUT2D eigenvalue weighted by Crippen LogP contribution is -2.41. The Balaban J connectivity index is 2.62.